The van der Waals surface area contributed by atoms with Gasteiger partial charge in [-0.3, -0.25) is 4.79 Å². The summed E-state index contributed by atoms with van der Waals surface area (Å²) in [6, 6.07) is 10.0. The number of carbonyl (C=O) groups excluding carboxylic acids is 1. The summed E-state index contributed by atoms with van der Waals surface area (Å²) in [5.74, 6) is 0.187. The molecule has 2 aromatic rings. The van der Waals surface area contributed by atoms with Gasteiger partial charge in [0.1, 0.15) is 0 Å². The number of para-hydroxylation sites is 1. The van der Waals surface area contributed by atoms with Crippen molar-refractivity contribution in [3.8, 4) is 11.5 Å². The molecule has 0 heterocycles. The lowest BCUT2D eigenvalue weighted by Crippen LogP contribution is -2.29. The van der Waals surface area contributed by atoms with Gasteiger partial charge in [0.15, 0.2) is 11.5 Å². The van der Waals surface area contributed by atoms with Crippen LogP contribution in [0.25, 0.3) is 6.08 Å². The van der Waals surface area contributed by atoms with Crippen LogP contribution in [-0.4, -0.2) is 28.5 Å². The molecule has 8 heteroatoms. The van der Waals surface area contributed by atoms with E-state index in [4.69, 9.17) is 9.47 Å². The minimum absolute atomic E-state index is 0.0348. The number of sulfonamides is 1. The summed E-state index contributed by atoms with van der Waals surface area (Å²) in [7, 11) is -0.995. The molecule has 0 fully saturated rings. The van der Waals surface area contributed by atoms with Crippen LogP contribution in [-0.2, 0) is 14.8 Å². The molecule has 0 atom stereocenters. The first-order valence-electron chi connectivity index (χ1n) is 7.50. The molecule has 1 amide bonds. The van der Waals surface area contributed by atoms with Gasteiger partial charge in [-0.25, -0.2) is 13.1 Å². The fourth-order valence-corrected chi connectivity index (χ4v) is 4.02. The number of amides is 1. The van der Waals surface area contributed by atoms with E-state index in [1.165, 1.54) is 26.4 Å². The van der Waals surface area contributed by atoms with Crippen LogP contribution < -0.4 is 14.2 Å². The first kappa shape index (κ1) is 20.0. The minimum atomic E-state index is -3.98. The Morgan fingerprint density at radius 2 is 1.88 bits per heavy atom. The van der Waals surface area contributed by atoms with Crippen molar-refractivity contribution in [1.29, 1.82) is 0 Å². The maximum atomic E-state index is 12.4. The van der Waals surface area contributed by atoms with Gasteiger partial charge in [-0.15, -0.1) is 0 Å². The van der Waals surface area contributed by atoms with E-state index in [1.54, 1.807) is 37.3 Å². The predicted molar refractivity (Wildman–Crippen MR) is 103 cm³/mol. The number of ether oxygens (including phenoxy) is 2. The second-order valence-electron chi connectivity index (χ2n) is 5.30. The summed E-state index contributed by atoms with van der Waals surface area (Å²) in [4.78, 5) is 12.1. The standard InChI is InChI=1S/C18H18BrNO5S/c1-12-7-9-14(19)11-16(12)26(22,23)20-17(21)10-8-13-5-4-6-15(24-2)18(13)25-3/h4-11H,1-3H3,(H,20,21). The quantitative estimate of drug-likeness (QED) is 0.698. The number of methoxy groups -OCH3 is 2. The van der Waals surface area contributed by atoms with E-state index >= 15 is 0 Å². The van der Waals surface area contributed by atoms with Crippen LogP contribution in [0.3, 0.4) is 0 Å². The molecule has 0 radical (unpaired) electrons. The number of rotatable bonds is 6. The summed E-state index contributed by atoms with van der Waals surface area (Å²) in [6.45, 7) is 1.66. The summed E-state index contributed by atoms with van der Waals surface area (Å²) < 4.78 is 37.9. The van der Waals surface area contributed by atoms with Crippen molar-refractivity contribution in [3.05, 3.63) is 58.1 Å². The van der Waals surface area contributed by atoms with Crippen molar-refractivity contribution in [1.82, 2.24) is 4.72 Å². The summed E-state index contributed by atoms with van der Waals surface area (Å²) >= 11 is 3.23. The molecule has 2 aromatic carbocycles. The third-order valence-electron chi connectivity index (χ3n) is 3.52. The van der Waals surface area contributed by atoms with Gasteiger partial charge in [0, 0.05) is 16.1 Å². The molecule has 2 rings (SSSR count). The maximum absolute atomic E-state index is 12.4. The molecule has 0 saturated heterocycles. The van der Waals surface area contributed by atoms with Crippen LogP contribution in [0.1, 0.15) is 11.1 Å². The number of hydrogen-bond acceptors (Lipinski definition) is 5. The first-order valence-corrected chi connectivity index (χ1v) is 9.78. The monoisotopic (exact) mass is 439 g/mol. The molecule has 0 aromatic heterocycles. The highest BCUT2D eigenvalue weighted by molar-refractivity contribution is 9.10. The molecule has 0 aliphatic rings. The zero-order valence-electron chi connectivity index (χ0n) is 14.4. The third kappa shape index (κ3) is 4.64. The molecule has 1 N–H and O–H groups in total. The van der Waals surface area contributed by atoms with Crippen LogP contribution in [0.2, 0.25) is 0 Å². The van der Waals surface area contributed by atoms with Gasteiger partial charge in [-0.2, -0.15) is 0 Å². The predicted octanol–water partition coefficient (Wildman–Crippen LogP) is 3.29. The Hall–Kier alpha value is -2.32. The third-order valence-corrected chi connectivity index (χ3v) is 5.50. The van der Waals surface area contributed by atoms with Gasteiger partial charge in [0.2, 0.25) is 0 Å². The fourth-order valence-electron chi connectivity index (χ4n) is 2.29. The van der Waals surface area contributed by atoms with E-state index in [9.17, 15) is 13.2 Å². The zero-order valence-corrected chi connectivity index (χ0v) is 16.8. The van der Waals surface area contributed by atoms with Crippen molar-refractivity contribution in [2.45, 2.75) is 11.8 Å². The van der Waals surface area contributed by atoms with Crippen LogP contribution in [0.5, 0.6) is 11.5 Å². The average Bonchev–Trinajstić information content (AvgIpc) is 2.60. The number of benzene rings is 2. The number of nitrogens with one attached hydrogen (secondary N) is 1. The van der Waals surface area contributed by atoms with E-state index in [0.29, 0.717) is 27.1 Å². The summed E-state index contributed by atoms with van der Waals surface area (Å²) in [5.41, 5.74) is 1.12. The van der Waals surface area contributed by atoms with Crippen LogP contribution in [0.15, 0.2) is 51.8 Å². The Bertz CT molecular complexity index is 954. The highest BCUT2D eigenvalue weighted by Gasteiger charge is 2.19. The Morgan fingerprint density at radius 3 is 2.54 bits per heavy atom. The van der Waals surface area contributed by atoms with E-state index in [1.807, 2.05) is 4.72 Å². The van der Waals surface area contributed by atoms with Crippen LogP contribution in [0, 0.1) is 6.92 Å². The van der Waals surface area contributed by atoms with E-state index in [0.717, 1.165) is 6.08 Å². The van der Waals surface area contributed by atoms with Gasteiger partial charge in [-0.05, 0) is 36.8 Å². The van der Waals surface area contributed by atoms with E-state index < -0.39 is 15.9 Å². The van der Waals surface area contributed by atoms with Gasteiger partial charge in [0.05, 0.1) is 19.1 Å². The van der Waals surface area contributed by atoms with E-state index in [2.05, 4.69) is 15.9 Å². The molecule has 0 bridgehead atoms. The van der Waals surface area contributed by atoms with Gasteiger partial charge < -0.3 is 9.47 Å². The van der Waals surface area contributed by atoms with E-state index in [-0.39, 0.29) is 4.90 Å². The Labute approximate surface area is 161 Å². The Balaban J connectivity index is 2.23. The molecule has 0 spiro atoms. The molecular formula is C18H18BrNO5S. The Kier molecular flexibility index (Phi) is 6.44. The molecule has 0 aliphatic carbocycles. The molecule has 6 nitrogen and oxygen atoms in total. The first-order chi connectivity index (χ1) is 12.3. The minimum Gasteiger partial charge on any atom is -0.493 e. The van der Waals surface area contributed by atoms with Gasteiger partial charge >= 0.3 is 0 Å². The van der Waals surface area contributed by atoms with Gasteiger partial charge in [0.25, 0.3) is 15.9 Å². The second-order valence-corrected chi connectivity index (χ2v) is 7.86. The smallest absolute Gasteiger partial charge is 0.264 e. The largest absolute Gasteiger partial charge is 0.493 e. The SMILES string of the molecule is COc1cccc(C=CC(=O)NS(=O)(=O)c2cc(Br)ccc2C)c1OC. The normalized spacial score (nSPS) is 11.4. The molecular weight excluding hydrogens is 422 g/mol. The van der Waals surface area contributed by atoms with Crippen LogP contribution >= 0.6 is 15.9 Å². The maximum Gasteiger partial charge on any atom is 0.264 e. The van der Waals surface area contributed by atoms with Crippen LogP contribution in [0.4, 0.5) is 0 Å². The molecule has 0 unspecified atom stereocenters. The molecule has 138 valence electrons. The molecule has 0 aliphatic heterocycles. The molecule has 26 heavy (non-hydrogen) atoms. The number of halogens is 1. The number of carbonyl (C=O) groups is 1. The van der Waals surface area contributed by atoms with Crippen molar-refractivity contribution >= 4 is 37.9 Å². The summed E-state index contributed by atoms with van der Waals surface area (Å²) in [5, 5.41) is 0. The number of aryl methyl sites for hydroxylation is 1. The average molecular weight is 440 g/mol. The second kappa shape index (κ2) is 8.37. The van der Waals surface area contributed by atoms with Crippen molar-refractivity contribution in [3.63, 3.8) is 0 Å². The highest BCUT2D eigenvalue weighted by Crippen LogP contribution is 2.31. The van der Waals surface area contributed by atoms with Crippen molar-refractivity contribution in [2.75, 3.05) is 14.2 Å². The lowest BCUT2D eigenvalue weighted by Gasteiger charge is -2.10. The fraction of sp³-hybridized carbons (Fsp3) is 0.167. The highest BCUT2D eigenvalue weighted by atomic mass is 79.9. The number of hydrogen-bond donors (Lipinski definition) is 1. The Morgan fingerprint density at radius 1 is 1.15 bits per heavy atom. The zero-order chi connectivity index (χ0) is 19.3. The molecule has 0 saturated carbocycles. The topological polar surface area (TPSA) is 81.7 Å². The van der Waals surface area contributed by atoms with Gasteiger partial charge in [-0.1, -0.05) is 34.1 Å². The summed E-state index contributed by atoms with van der Waals surface area (Å²) in [6.07, 6.45) is 2.59. The lowest BCUT2D eigenvalue weighted by atomic mass is 10.1. The lowest BCUT2D eigenvalue weighted by molar-refractivity contribution is -0.114. The van der Waals surface area contributed by atoms with Crippen molar-refractivity contribution in [2.24, 2.45) is 0 Å². The van der Waals surface area contributed by atoms with Crippen molar-refractivity contribution < 1.29 is 22.7 Å².